The highest BCUT2D eigenvalue weighted by atomic mass is 19.1. The molecule has 0 aliphatic heterocycles. The van der Waals surface area contributed by atoms with Gasteiger partial charge >= 0.3 is 0 Å². The first-order chi connectivity index (χ1) is 9.65. The third-order valence-electron chi connectivity index (χ3n) is 2.94. The van der Waals surface area contributed by atoms with E-state index in [0.29, 0.717) is 16.7 Å². The molecule has 0 aliphatic rings. The van der Waals surface area contributed by atoms with Crippen LogP contribution in [-0.4, -0.2) is 9.97 Å². The summed E-state index contributed by atoms with van der Waals surface area (Å²) in [5.74, 6) is -0.327. The van der Waals surface area contributed by atoms with Crippen molar-refractivity contribution < 1.29 is 13.5 Å². The molecule has 20 heavy (non-hydrogen) atoms. The van der Waals surface area contributed by atoms with Gasteiger partial charge in [0.1, 0.15) is 29.2 Å². The van der Waals surface area contributed by atoms with Crippen molar-refractivity contribution in [2.24, 2.45) is 0 Å². The van der Waals surface area contributed by atoms with Gasteiger partial charge in [0, 0.05) is 6.07 Å². The second-order valence-electron chi connectivity index (χ2n) is 4.33. The van der Waals surface area contributed by atoms with Crippen LogP contribution in [-0.2, 0) is 0 Å². The molecule has 0 spiro atoms. The molecule has 0 radical (unpaired) electrons. The Labute approximate surface area is 113 Å². The molecular formula is C15H10F2N2O. The lowest BCUT2D eigenvalue weighted by Gasteiger charge is -2.08. The molecule has 0 saturated carbocycles. The number of fused-ring (bicyclic) bond motifs is 1. The number of nitrogens with zero attached hydrogens (tertiary/aromatic N) is 2. The maximum absolute atomic E-state index is 13.6. The molecule has 0 N–H and O–H groups in total. The Kier molecular flexibility index (Phi) is 3.02. The Morgan fingerprint density at radius 3 is 2.65 bits per heavy atom. The van der Waals surface area contributed by atoms with Crippen LogP contribution in [0.5, 0.6) is 11.6 Å². The van der Waals surface area contributed by atoms with E-state index in [1.54, 1.807) is 31.2 Å². The maximum atomic E-state index is 13.6. The summed E-state index contributed by atoms with van der Waals surface area (Å²) >= 11 is 0. The minimum absolute atomic E-state index is 0.171. The van der Waals surface area contributed by atoms with Gasteiger partial charge in [-0.1, -0.05) is 12.1 Å². The molecule has 0 atom stereocenters. The summed E-state index contributed by atoms with van der Waals surface area (Å²) in [5, 5.41) is 0.438. The fraction of sp³-hybridized carbons (Fsp3) is 0.0667. The molecule has 3 nitrogen and oxygen atoms in total. The summed E-state index contributed by atoms with van der Waals surface area (Å²) < 4.78 is 32.6. The Hall–Kier alpha value is -2.56. The van der Waals surface area contributed by atoms with Crippen molar-refractivity contribution in [1.82, 2.24) is 9.97 Å². The number of benzene rings is 2. The quantitative estimate of drug-likeness (QED) is 0.707. The molecule has 2 aromatic carbocycles. The molecule has 3 aromatic rings. The van der Waals surface area contributed by atoms with Gasteiger partial charge < -0.3 is 4.74 Å². The van der Waals surface area contributed by atoms with E-state index in [1.165, 1.54) is 18.5 Å². The molecule has 0 aliphatic carbocycles. The van der Waals surface area contributed by atoms with Crippen molar-refractivity contribution in [1.29, 1.82) is 0 Å². The number of aryl methyl sites for hydroxylation is 1. The van der Waals surface area contributed by atoms with Crippen molar-refractivity contribution in [3.05, 3.63) is 59.9 Å². The number of hydrogen-bond acceptors (Lipinski definition) is 3. The molecule has 0 bridgehead atoms. The van der Waals surface area contributed by atoms with Gasteiger partial charge in [-0.05, 0) is 30.7 Å². The molecule has 5 heteroatoms. The predicted molar refractivity (Wildman–Crippen MR) is 70.7 cm³/mol. The number of hydrogen-bond donors (Lipinski definition) is 0. The van der Waals surface area contributed by atoms with Crippen LogP contribution in [0.2, 0.25) is 0 Å². The second kappa shape index (κ2) is 4.85. The highest BCUT2D eigenvalue weighted by molar-refractivity contribution is 5.83. The normalized spacial score (nSPS) is 10.8. The zero-order valence-corrected chi connectivity index (χ0v) is 10.6. The van der Waals surface area contributed by atoms with Crippen LogP contribution in [0.15, 0.2) is 42.7 Å². The Bertz CT molecular complexity index is 790. The van der Waals surface area contributed by atoms with Gasteiger partial charge in [-0.15, -0.1) is 0 Å². The lowest BCUT2D eigenvalue weighted by Crippen LogP contribution is -1.94. The Balaban J connectivity index is 2.06. The van der Waals surface area contributed by atoms with Crippen LogP contribution in [0.25, 0.3) is 10.9 Å². The summed E-state index contributed by atoms with van der Waals surface area (Å²) in [6.07, 6.45) is 1.21. The highest BCUT2D eigenvalue weighted by Gasteiger charge is 2.10. The van der Waals surface area contributed by atoms with Crippen molar-refractivity contribution in [3.63, 3.8) is 0 Å². The average molecular weight is 272 g/mol. The molecule has 0 amide bonds. The van der Waals surface area contributed by atoms with E-state index in [9.17, 15) is 8.78 Å². The van der Waals surface area contributed by atoms with E-state index >= 15 is 0 Å². The largest absolute Gasteiger partial charge is 0.438 e. The van der Waals surface area contributed by atoms with Crippen molar-refractivity contribution >= 4 is 10.9 Å². The monoisotopic (exact) mass is 272 g/mol. The van der Waals surface area contributed by atoms with E-state index in [4.69, 9.17) is 4.74 Å². The SMILES string of the molecule is Cc1ccc(Oc2ncnc3c(F)cccc23)cc1F. The van der Waals surface area contributed by atoms with E-state index in [0.717, 1.165) is 0 Å². The molecule has 1 aromatic heterocycles. The Morgan fingerprint density at radius 1 is 1.00 bits per heavy atom. The molecule has 1 heterocycles. The first kappa shape index (κ1) is 12.5. The van der Waals surface area contributed by atoms with Crippen molar-refractivity contribution in [3.8, 4) is 11.6 Å². The number of ether oxygens (including phenoxy) is 1. The van der Waals surface area contributed by atoms with Gasteiger partial charge in [0.05, 0.1) is 5.39 Å². The average Bonchev–Trinajstić information content (AvgIpc) is 2.44. The van der Waals surface area contributed by atoms with Gasteiger partial charge in [0.2, 0.25) is 5.88 Å². The summed E-state index contributed by atoms with van der Waals surface area (Å²) in [7, 11) is 0. The van der Waals surface area contributed by atoms with E-state index < -0.39 is 5.82 Å². The lowest BCUT2D eigenvalue weighted by molar-refractivity contribution is 0.462. The fourth-order valence-electron chi connectivity index (χ4n) is 1.86. The zero-order valence-electron chi connectivity index (χ0n) is 10.6. The van der Waals surface area contributed by atoms with E-state index in [2.05, 4.69) is 9.97 Å². The fourth-order valence-corrected chi connectivity index (χ4v) is 1.86. The van der Waals surface area contributed by atoms with Crippen molar-refractivity contribution in [2.75, 3.05) is 0 Å². The van der Waals surface area contributed by atoms with Gasteiger partial charge in [-0.25, -0.2) is 18.7 Å². The number of halogens is 2. The summed E-state index contributed by atoms with van der Waals surface area (Å²) in [6, 6.07) is 9.01. The molecule has 0 unspecified atom stereocenters. The zero-order chi connectivity index (χ0) is 14.1. The molecular weight excluding hydrogens is 262 g/mol. The molecule has 0 saturated heterocycles. The van der Waals surface area contributed by atoms with E-state index in [-0.39, 0.29) is 17.2 Å². The first-order valence-electron chi connectivity index (χ1n) is 5.98. The third kappa shape index (κ3) is 2.18. The van der Waals surface area contributed by atoms with Gasteiger partial charge in [-0.2, -0.15) is 0 Å². The first-order valence-corrected chi connectivity index (χ1v) is 5.98. The second-order valence-corrected chi connectivity index (χ2v) is 4.33. The summed E-state index contributed by atoms with van der Waals surface area (Å²) in [4.78, 5) is 7.85. The van der Waals surface area contributed by atoms with Crippen LogP contribution in [0.3, 0.4) is 0 Å². The van der Waals surface area contributed by atoms with Gasteiger partial charge in [0.15, 0.2) is 0 Å². The smallest absolute Gasteiger partial charge is 0.230 e. The predicted octanol–water partition coefficient (Wildman–Crippen LogP) is 4.01. The van der Waals surface area contributed by atoms with Crippen molar-refractivity contribution in [2.45, 2.75) is 6.92 Å². The standard InChI is InChI=1S/C15H10F2N2O/c1-9-5-6-10(7-13(9)17)20-15-11-3-2-4-12(16)14(11)18-8-19-15/h2-8H,1H3. The maximum Gasteiger partial charge on any atom is 0.230 e. The number of aromatic nitrogens is 2. The van der Waals surface area contributed by atoms with E-state index in [1.807, 2.05) is 0 Å². The minimum Gasteiger partial charge on any atom is -0.438 e. The lowest BCUT2D eigenvalue weighted by atomic mass is 10.2. The van der Waals surface area contributed by atoms with Crippen LogP contribution >= 0.6 is 0 Å². The van der Waals surface area contributed by atoms with Crippen LogP contribution < -0.4 is 4.74 Å². The van der Waals surface area contributed by atoms with Crippen LogP contribution in [0, 0.1) is 18.6 Å². The highest BCUT2D eigenvalue weighted by Crippen LogP contribution is 2.28. The van der Waals surface area contributed by atoms with Gasteiger partial charge in [0.25, 0.3) is 0 Å². The Morgan fingerprint density at radius 2 is 1.85 bits per heavy atom. The van der Waals surface area contributed by atoms with Crippen LogP contribution in [0.4, 0.5) is 8.78 Å². The molecule has 3 rings (SSSR count). The molecule has 0 fully saturated rings. The summed E-state index contributed by atoms with van der Waals surface area (Å²) in [5.41, 5.74) is 0.695. The topological polar surface area (TPSA) is 35.0 Å². The number of para-hydroxylation sites is 1. The third-order valence-corrected chi connectivity index (χ3v) is 2.94. The molecule has 100 valence electrons. The summed E-state index contributed by atoms with van der Waals surface area (Å²) in [6.45, 7) is 1.66. The van der Waals surface area contributed by atoms with Crippen LogP contribution in [0.1, 0.15) is 5.56 Å². The minimum atomic E-state index is -0.454. The number of rotatable bonds is 2. The van der Waals surface area contributed by atoms with Gasteiger partial charge in [-0.3, -0.25) is 0 Å².